The van der Waals surface area contributed by atoms with E-state index in [1.165, 1.54) is 28.6 Å². The summed E-state index contributed by atoms with van der Waals surface area (Å²) in [5, 5.41) is 10.7. The Bertz CT molecular complexity index is 860. The fourth-order valence-electron chi connectivity index (χ4n) is 2.81. The van der Waals surface area contributed by atoms with E-state index in [0.717, 1.165) is 24.0 Å². The van der Waals surface area contributed by atoms with Crippen molar-refractivity contribution in [2.45, 2.75) is 24.7 Å². The van der Waals surface area contributed by atoms with Gasteiger partial charge in [0, 0.05) is 18.7 Å². The van der Waals surface area contributed by atoms with Crippen molar-refractivity contribution in [1.82, 2.24) is 0 Å². The number of aryl methyl sites for hydroxylation is 2. The number of sulfonamides is 1. The monoisotopic (exact) mass is 332 g/mol. The summed E-state index contributed by atoms with van der Waals surface area (Å²) in [7, 11) is -3.72. The number of anilines is 1. The van der Waals surface area contributed by atoms with E-state index in [-0.39, 0.29) is 10.6 Å². The van der Waals surface area contributed by atoms with Gasteiger partial charge in [0.15, 0.2) is 0 Å². The van der Waals surface area contributed by atoms with E-state index >= 15 is 0 Å². The van der Waals surface area contributed by atoms with Crippen LogP contribution in [0.2, 0.25) is 0 Å². The van der Waals surface area contributed by atoms with Gasteiger partial charge in [-0.1, -0.05) is 17.7 Å². The summed E-state index contributed by atoms with van der Waals surface area (Å²) in [4.78, 5) is 10.2. The summed E-state index contributed by atoms with van der Waals surface area (Å²) in [5.74, 6) is 0. The first kappa shape index (κ1) is 15.5. The first-order valence-corrected chi connectivity index (χ1v) is 8.70. The van der Waals surface area contributed by atoms with Crippen LogP contribution in [0.3, 0.4) is 0 Å². The number of hydrogen-bond donors (Lipinski definition) is 0. The summed E-state index contributed by atoms with van der Waals surface area (Å²) >= 11 is 0. The van der Waals surface area contributed by atoms with E-state index in [1.807, 2.05) is 25.1 Å². The molecular formula is C16H16N2O4S. The Balaban J connectivity index is 2.02. The van der Waals surface area contributed by atoms with Crippen molar-refractivity contribution in [2.24, 2.45) is 0 Å². The Morgan fingerprint density at radius 3 is 2.48 bits per heavy atom. The van der Waals surface area contributed by atoms with Gasteiger partial charge in [0.2, 0.25) is 0 Å². The van der Waals surface area contributed by atoms with Gasteiger partial charge in [0.1, 0.15) is 0 Å². The van der Waals surface area contributed by atoms with Crippen LogP contribution in [0.4, 0.5) is 11.4 Å². The van der Waals surface area contributed by atoms with Crippen LogP contribution < -0.4 is 4.31 Å². The fourth-order valence-corrected chi connectivity index (χ4v) is 4.35. The van der Waals surface area contributed by atoms with Gasteiger partial charge < -0.3 is 0 Å². The van der Waals surface area contributed by atoms with Gasteiger partial charge >= 0.3 is 0 Å². The standard InChI is InChI=1S/C16H16N2O4S/c1-12-4-9-16-13(11-12)3-2-10-17(16)23(21,22)15-7-5-14(6-8-15)18(19)20/h4-9,11H,2-3,10H2,1H3. The summed E-state index contributed by atoms with van der Waals surface area (Å²) in [5.41, 5.74) is 2.68. The Labute approximate surface area is 134 Å². The van der Waals surface area contributed by atoms with E-state index in [0.29, 0.717) is 12.2 Å². The average Bonchev–Trinajstić information content (AvgIpc) is 2.54. The molecule has 0 amide bonds. The molecule has 0 spiro atoms. The van der Waals surface area contributed by atoms with Crippen molar-refractivity contribution in [3.8, 4) is 0 Å². The van der Waals surface area contributed by atoms with Crippen molar-refractivity contribution in [3.63, 3.8) is 0 Å². The molecule has 0 fully saturated rings. The Morgan fingerprint density at radius 1 is 1.13 bits per heavy atom. The van der Waals surface area contributed by atoms with Gasteiger partial charge in [-0.15, -0.1) is 0 Å². The lowest BCUT2D eigenvalue weighted by Gasteiger charge is -2.30. The number of rotatable bonds is 3. The molecule has 0 aliphatic carbocycles. The molecule has 7 heteroatoms. The highest BCUT2D eigenvalue weighted by atomic mass is 32.2. The lowest BCUT2D eigenvalue weighted by molar-refractivity contribution is -0.384. The molecule has 1 aliphatic heterocycles. The SMILES string of the molecule is Cc1ccc2c(c1)CCCN2S(=O)(=O)c1ccc([N+](=O)[O-])cc1. The highest BCUT2D eigenvalue weighted by molar-refractivity contribution is 7.92. The second kappa shape index (κ2) is 5.66. The summed E-state index contributed by atoms with van der Waals surface area (Å²) in [6.45, 7) is 2.39. The lowest BCUT2D eigenvalue weighted by atomic mass is 10.0. The van der Waals surface area contributed by atoms with E-state index in [2.05, 4.69) is 0 Å². The molecule has 0 radical (unpaired) electrons. The first-order chi connectivity index (χ1) is 10.9. The van der Waals surface area contributed by atoms with Gasteiger partial charge in [-0.05, 0) is 43.5 Å². The predicted octanol–water partition coefficient (Wildman–Crippen LogP) is 3.04. The third-order valence-electron chi connectivity index (χ3n) is 3.95. The number of benzene rings is 2. The van der Waals surface area contributed by atoms with Crippen LogP contribution in [0, 0.1) is 17.0 Å². The quantitative estimate of drug-likeness (QED) is 0.639. The van der Waals surface area contributed by atoms with E-state index in [9.17, 15) is 18.5 Å². The van der Waals surface area contributed by atoms with Crippen LogP contribution in [0.1, 0.15) is 17.5 Å². The minimum Gasteiger partial charge on any atom is -0.266 e. The van der Waals surface area contributed by atoms with Crippen molar-refractivity contribution in [1.29, 1.82) is 0 Å². The molecule has 2 aromatic carbocycles. The highest BCUT2D eigenvalue weighted by Gasteiger charge is 2.29. The molecule has 1 aliphatic rings. The van der Waals surface area contributed by atoms with Crippen LogP contribution in [0.5, 0.6) is 0 Å². The third-order valence-corrected chi connectivity index (χ3v) is 5.77. The van der Waals surface area contributed by atoms with Crippen LogP contribution in [0.25, 0.3) is 0 Å². The number of nitrogens with zero attached hydrogens (tertiary/aromatic N) is 2. The molecular weight excluding hydrogens is 316 g/mol. The molecule has 23 heavy (non-hydrogen) atoms. The minimum atomic E-state index is -3.72. The predicted molar refractivity (Wildman–Crippen MR) is 87.1 cm³/mol. The van der Waals surface area contributed by atoms with Crippen LogP contribution in [-0.2, 0) is 16.4 Å². The topological polar surface area (TPSA) is 80.5 Å². The number of nitro benzene ring substituents is 1. The largest absolute Gasteiger partial charge is 0.269 e. The molecule has 0 bridgehead atoms. The Hall–Kier alpha value is -2.41. The van der Waals surface area contributed by atoms with Gasteiger partial charge in [0.05, 0.1) is 15.5 Å². The van der Waals surface area contributed by atoms with E-state index in [4.69, 9.17) is 0 Å². The minimum absolute atomic E-state index is 0.0662. The second-order valence-electron chi connectivity index (χ2n) is 5.56. The van der Waals surface area contributed by atoms with Gasteiger partial charge in [-0.2, -0.15) is 0 Å². The zero-order valence-corrected chi connectivity index (χ0v) is 13.4. The summed E-state index contributed by atoms with van der Waals surface area (Å²) in [6, 6.07) is 10.7. The third kappa shape index (κ3) is 2.79. The Kier molecular flexibility index (Phi) is 3.81. The zero-order chi connectivity index (χ0) is 16.6. The normalized spacial score (nSPS) is 14.4. The number of nitro groups is 1. The molecule has 120 valence electrons. The molecule has 0 saturated heterocycles. The second-order valence-corrected chi connectivity index (χ2v) is 7.43. The molecule has 3 rings (SSSR count). The maximum atomic E-state index is 12.9. The highest BCUT2D eigenvalue weighted by Crippen LogP contribution is 2.32. The van der Waals surface area contributed by atoms with Gasteiger partial charge in [-0.3, -0.25) is 14.4 Å². The molecule has 0 aromatic heterocycles. The number of non-ortho nitro benzene ring substituents is 1. The van der Waals surface area contributed by atoms with Crippen molar-refractivity contribution >= 4 is 21.4 Å². The first-order valence-electron chi connectivity index (χ1n) is 7.26. The average molecular weight is 332 g/mol. The number of fused-ring (bicyclic) bond motifs is 1. The van der Waals surface area contributed by atoms with Crippen molar-refractivity contribution in [2.75, 3.05) is 10.8 Å². The lowest BCUT2D eigenvalue weighted by Crippen LogP contribution is -2.35. The fraction of sp³-hybridized carbons (Fsp3) is 0.250. The maximum absolute atomic E-state index is 12.9. The molecule has 0 N–H and O–H groups in total. The summed E-state index contributed by atoms with van der Waals surface area (Å²) < 4.78 is 27.1. The molecule has 0 unspecified atom stereocenters. The molecule has 0 saturated carbocycles. The van der Waals surface area contributed by atoms with Gasteiger partial charge in [0.25, 0.3) is 15.7 Å². The van der Waals surface area contributed by atoms with Crippen LogP contribution in [0.15, 0.2) is 47.4 Å². The van der Waals surface area contributed by atoms with Crippen molar-refractivity contribution < 1.29 is 13.3 Å². The maximum Gasteiger partial charge on any atom is 0.269 e. The molecule has 6 nitrogen and oxygen atoms in total. The van der Waals surface area contributed by atoms with Crippen LogP contribution in [-0.4, -0.2) is 19.9 Å². The molecule has 1 heterocycles. The van der Waals surface area contributed by atoms with Crippen molar-refractivity contribution in [3.05, 3.63) is 63.7 Å². The zero-order valence-electron chi connectivity index (χ0n) is 12.6. The summed E-state index contributed by atoms with van der Waals surface area (Å²) in [6.07, 6.45) is 1.60. The van der Waals surface area contributed by atoms with Crippen LogP contribution >= 0.6 is 0 Å². The molecule has 2 aromatic rings. The van der Waals surface area contributed by atoms with E-state index < -0.39 is 14.9 Å². The van der Waals surface area contributed by atoms with Gasteiger partial charge in [-0.25, -0.2) is 8.42 Å². The Morgan fingerprint density at radius 2 is 1.83 bits per heavy atom. The smallest absolute Gasteiger partial charge is 0.266 e. The van der Waals surface area contributed by atoms with E-state index in [1.54, 1.807) is 0 Å². The number of hydrogen-bond acceptors (Lipinski definition) is 4. The molecule has 0 atom stereocenters.